The van der Waals surface area contributed by atoms with Gasteiger partial charge < -0.3 is 20.0 Å². The lowest BCUT2D eigenvalue weighted by Crippen LogP contribution is -2.32. The first-order valence-electron chi connectivity index (χ1n) is 6.66. The van der Waals surface area contributed by atoms with Gasteiger partial charge in [-0.15, -0.1) is 0 Å². The average molecular weight is 263 g/mol. The summed E-state index contributed by atoms with van der Waals surface area (Å²) < 4.78 is 5.39. The number of nitrogens with one attached hydrogen (secondary N) is 3. The van der Waals surface area contributed by atoms with Gasteiger partial charge in [-0.25, -0.2) is 4.79 Å². The number of rotatable bonds is 6. The summed E-state index contributed by atoms with van der Waals surface area (Å²) in [7, 11) is 0. The third-order valence-corrected chi connectivity index (χ3v) is 3.15. The van der Waals surface area contributed by atoms with Crippen molar-refractivity contribution in [1.29, 1.82) is 0 Å². The Morgan fingerprint density at radius 1 is 1.26 bits per heavy atom. The van der Waals surface area contributed by atoms with E-state index in [1.165, 1.54) is 0 Å². The van der Waals surface area contributed by atoms with Crippen molar-refractivity contribution in [3.8, 4) is 0 Å². The quantitative estimate of drug-likeness (QED) is 0.746. The first-order chi connectivity index (χ1) is 9.10. The van der Waals surface area contributed by atoms with Crippen molar-refractivity contribution in [2.24, 2.45) is 0 Å². The number of hydrogen-bond donors (Lipinski definition) is 3. The third-order valence-electron chi connectivity index (χ3n) is 3.15. The lowest BCUT2D eigenvalue weighted by atomic mass is 10.1. The highest BCUT2D eigenvalue weighted by Gasteiger charge is 2.10. The van der Waals surface area contributed by atoms with Crippen molar-refractivity contribution in [3.63, 3.8) is 0 Å². The van der Waals surface area contributed by atoms with E-state index in [4.69, 9.17) is 4.74 Å². The van der Waals surface area contributed by atoms with Crippen LogP contribution in [0.2, 0.25) is 0 Å². The van der Waals surface area contributed by atoms with Crippen LogP contribution < -0.4 is 11.0 Å². The van der Waals surface area contributed by atoms with Crippen molar-refractivity contribution in [1.82, 2.24) is 15.3 Å². The first-order valence-corrected chi connectivity index (χ1v) is 6.66. The molecule has 0 radical (unpaired) electrons. The van der Waals surface area contributed by atoms with Crippen molar-refractivity contribution in [2.45, 2.75) is 32.9 Å². The number of benzene rings is 1. The van der Waals surface area contributed by atoms with Crippen LogP contribution in [0.4, 0.5) is 0 Å². The second-order valence-corrected chi connectivity index (χ2v) is 4.83. The molecule has 5 heteroatoms. The normalized spacial score (nSPS) is 14.7. The molecule has 19 heavy (non-hydrogen) atoms. The van der Waals surface area contributed by atoms with E-state index in [2.05, 4.69) is 29.1 Å². The highest BCUT2D eigenvalue weighted by atomic mass is 16.5. The van der Waals surface area contributed by atoms with E-state index < -0.39 is 0 Å². The molecule has 2 atom stereocenters. The molecule has 104 valence electrons. The van der Waals surface area contributed by atoms with Gasteiger partial charge in [-0.2, -0.15) is 0 Å². The number of hydrogen-bond acceptors (Lipinski definition) is 3. The molecule has 2 rings (SSSR count). The molecule has 5 nitrogen and oxygen atoms in total. The van der Waals surface area contributed by atoms with E-state index in [1.807, 2.05) is 25.1 Å². The second kappa shape index (κ2) is 6.04. The van der Waals surface area contributed by atoms with Crippen LogP contribution in [0, 0.1) is 0 Å². The minimum atomic E-state index is -0.169. The third kappa shape index (κ3) is 3.45. The molecule has 0 aliphatic carbocycles. The Morgan fingerprint density at radius 2 is 2.00 bits per heavy atom. The van der Waals surface area contributed by atoms with Crippen LogP contribution in [0.5, 0.6) is 0 Å². The monoisotopic (exact) mass is 263 g/mol. The summed E-state index contributed by atoms with van der Waals surface area (Å²) in [6.45, 7) is 7.63. The molecular formula is C14H21N3O2. The smallest absolute Gasteiger partial charge is 0.323 e. The molecule has 1 aromatic heterocycles. The van der Waals surface area contributed by atoms with Crippen LogP contribution in [-0.4, -0.2) is 29.2 Å². The fourth-order valence-electron chi connectivity index (χ4n) is 2.19. The lowest BCUT2D eigenvalue weighted by molar-refractivity contribution is 0.124. The lowest BCUT2D eigenvalue weighted by Gasteiger charge is -2.20. The maximum absolute atomic E-state index is 11.2. The second-order valence-electron chi connectivity index (χ2n) is 4.83. The van der Waals surface area contributed by atoms with Crippen LogP contribution >= 0.6 is 0 Å². The summed E-state index contributed by atoms with van der Waals surface area (Å²) >= 11 is 0. The Kier molecular flexibility index (Phi) is 4.39. The number of imidazole rings is 1. The summed E-state index contributed by atoms with van der Waals surface area (Å²) in [5, 5.41) is 3.48. The summed E-state index contributed by atoms with van der Waals surface area (Å²) in [6, 6.07) is 6.44. The Balaban J connectivity index is 2.08. The molecule has 0 aliphatic rings. The van der Waals surface area contributed by atoms with Gasteiger partial charge in [0.05, 0.1) is 17.6 Å². The average Bonchev–Trinajstić information content (AvgIpc) is 2.75. The van der Waals surface area contributed by atoms with Crippen LogP contribution in [0.1, 0.15) is 32.4 Å². The van der Waals surface area contributed by atoms with Gasteiger partial charge >= 0.3 is 5.69 Å². The number of H-pyrrole nitrogens is 2. The minimum absolute atomic E-state index is 0.169. The molecular weight excluding hydrogens is 242 g/mol. The van der Waals surface area contributed by atoms with Crippen LogP contribution in [0.25, 0.3) is 11.0 Å². The van der Waals surface area contributed by atoms with Gasteiger partial charge in [0.25, 0.3) is 0 Å². The molecule has 1 heterocycles. The number of aromatic nitrogens is 2. The van der Waals surface area contributed by atoms with Gasteiger partial charge in [0.2, 0.25) is 0 Å². The Labute approximate surface area is 112 Å². The summed E-state index contributed by atoms with van der Waals surface area (Å²) in [5.74, 6) is 0. The summed E-state index contributed by atoms with van der Waals surface area (Å²) in [6.07, 6.45) is 0. The minimum Gasteiger partial charge on any atom is -0.380 e. The van der Waals surface area contributed by atoms with Gasteiger partial charge in [-0.3, -0.25) is 0 Å². The van der Waals surface area contributed by atoms with Crippen molar-refractivity contribution in [3.05, 3.63) is 34.2 Å². The molecule has 0 fully saturated rings. The zero-order valence-corrected chi connectivity index (χ0v) is 11.6. The van der Waals surface area contributed by atoms with E-state index in [1.54, 1.807) is 0 Å². The predicted molar refractivity (Wildman–Crippen MR) is 76.4 cm³/mol. The van der Waals surface area contributed by atoms with E-state index in [9.17, 15) is 4.79 Å². The van der Waals surface area contributed by atoms with E-state index in [0.717, 1.165) is 23.2 Å². The highest BCUT2D eigenvalue weighted by molar-refractivity contribution is 5.75. The molecule has 3 N–H and O–H groups in total. The first kappa shape index (κ1) is 13.8. The maximum Gasteiger partial charge on any atom is 0.323 e. The molecule has 0 bridgehead atoms. The van der Waals surface area contributed by atoms with Gasteiger partial charge in [0.15, 0.2) is 0 Å². The fourth-order valence-corrected chi connectivity index (χ4v) is 2.19. The summed E-state index contributed by atoms with van der Waals surface area (Å²) in [4.78, 5) is 16.7. The Morgan fingerprint density at radius 3 is 2.74 bits per heavy atom. The molecule has 0 saturated carbocycles. The molecule has 0 amide bonds. The molecule has 0 spiro atoms. The molecule has 2 unspecified atom stereocenters. The largest absolute Gasteiger partial charge is 0.380 e. The Bertz CT molecular complexity index is 588. The van der Waals surface area contributed by atoms with E-state index in [-0.39, 0.29) is 17.8 Å². The number of fused-ring (bicyclic) bond motifs is 1. The van der Waals surface area contributed by atoms with Gasteiger partial charge in [-0.05, 0) is 38.5 Å². The standard InChI is InChI=1S/C14H21N3O2/c1-4-19-8-9(2)15-10(3)11-5-6-12-13(7-11)17-14(18)16-12/h5-7,9-10,15H,4,8H2,1-3H3,(H2,16,17,18). The highest BCUT2D eigenvalue weighted by Crippen LogP contribution is 2.17. The van der Waals surface area contributed by atoms with Gasteiger partial charge in [-0.1, -0.05) is 6.07 Å². The van der Waals surface area contributed by atoms with Gasteiger partial charge in [0, 0.05) is 18.7 Å². The topological polar surface area (TPSA) is 69.9 Å². The van der Waals surface area contributed by atoms with Crippen molar-refractivity contribution < 1.29 is 4.74 Å². The molecule has 0 saturated heterocycles. The van der Waals surface area contributed by atoms with Crippen LogP contribution in [0.3, 0.4) is 0 Å². The van der Waals surface area contributed by atoms with Crippen LogP contribution in [0.15, 0.2) is 23.0 Å². The molecule has 1 aromatic carbocycles. The predicted octanol–water partition coefficient (Wildman–Crippen LogP) is 1.93. The zero-order valence-electron chi connectivity index (χ0n) is 11.6. The molecule has 2 aromatic rings. The van der Waals surface area contributed by atoms with Crippen molar-refractivity contribution in [2.75, 3.05) is 13.2 Å². The Hall–Kier alpha value is -1.59. The van der Waals surface area contributed by atoms with Gasteiger partial charge in [0.1, 0.15) is 0 Å². The van der Waals surface area contributed by atoms with E-state index in [0.29, 0.717) is 6.61 Å². The number of ether oxygens (including phenoxy) is 1. The van der Waals surface area contributed by atoms with Crippen molar-refractivity contribution >= 4 is 11.0 Å². The fraction of sp³-hybridized carbons (Fsp3) is 0.500. The summed E-state index contributed by atoms with van der Waals surface area (Å²) in [5.41, 5.74) is 2.65. The van der Waals surface area contributed by atoms with Crippen LogP contribution in [-0.2, 0) is 4.74 Å². The SMILES string of the molecule is CCOCC(C)NC(C)c1ccc2[nH]c(=O)[nH]c2c1. The molecule has 0 aliphatic heterocycles. The maximum atomic E-state index is 11.2. The zero-order chi connectivity index (χ0) is 13.8. The van der Waals surface area contributed by atoms with E-state index >= 15 is 0 Å². The number of aromatic amines is 2.